The van der Waals surface area contributed by atoms with Gasteiger partial charge in [-0.3, -0.25) is 28.0 Å². The number of nitrogens with two attached hydrogens (primary N) is 1. The van der Waals surface area contributed by atoms with Gasteiger partial charge in [-0.1, -0.05) is 116 Å². The van der Waals surface area contributed by atoms with Crippen LogP contribution in [0, 0.1) is 17.8 Å². The van der Waals surface area contributed by atoms with Crippen molar-refractivity contribution >= 4 is 39.2 Å². The Morgan fingerprint density at radius 2 is 1.46 bits per heavy atom. The number of unbranched alkanes of at least 4 members (excludes halogenated alkanes) is 11. The number of fused-ring (bicyclic) bond motifs is 3. The van der Waals surface area contributed by atoms with E-state index in [9.17, 15) is 63.6 Å². The summed E-state index contributed by atoms with van der Waals surface area (Å²) in [5, 5.41) is 57.4. The minimum Gasteiger partial charge on any atom is -0.462 e. The molecule has 22 nitrogen and oxygen atoms in total. The lowest BCUT2D eigenvalue weighted by Gasteiger charge is -2.40. The summed E-state index contributed by atoms with van der Waals surface area (Å²) in [4.78, 5) is 77.9. The number of carbonyl (C=O) groups excluding carboxylic acids is 3. The van der Waals surface area contributed by atoms with E-state index in [1.807, 2.05) is 6.92 Å². The first-order valence-corrected chi connectivity index (χ1v) is 28.7. The van der Waals surface area contributed by atoms with Gasteiger partial charge in [-0.25, -0.2) is 13.9 Å². The third-order valence-electron chi connectivity index (χ3n) is 12.7. The number of Topliss-reactive ketones (excluding diaryl/α,β-unsaturated/α-hetero) is 1. The van der Waals surface area contributed by atoms with Crippen molar-refractivity contribution < 1.29 is 86.4 Å². The minimum absolute atomic E-state index is 0.0235. The average Bonchev–Trinajstić information content (AvgIpc) is 3.30. The summed E-state index contributed by atoms with van der Waals surface area (Å²) in [5.41, 5.74) is 4.67. The van der Waals surface area contributed by atoms with E-state index in [1.54, 1.807) is 0 Å². The van der Waals surface area contributed by atoms with Crippen LogP contribution in [-0.4, -0.2) is 125 Å². The molecule has 0 saturated carbocycles. The number of phosphoric acid groups is 2. The van der Waals surface area contributed by atoms with Crippen molar-refractivity contribution in [3.8, 4) is 0 Å². The van der Waals surface area contributed by atoms with Gasteiger partial charge in [0.2, 0.25) is 0 Å². The van der Waals surface area contributed by atoms with E-state index in [4.69, 9.17) is 29.0 Å². The number of aliphatic hydroxyl groups is 5. The standard InChI is InChI=1S/C48H83N3O19P2/c1-4-5-14-20-34(52)24-25-37-39(54)29-40(55)38-28-35(53)21-17-18-22-43(56)65-30-36(68-44(57)23-16-13-11-9-7-6-8-10-12-15-19-33(2)3)31-66-71(61,62)70-72(63,64)67-32-41(46(59)45(37)58)69-47(38)51-27-26-42(49)50-48(51)60/h24-27,33-34,36-41,45-47,52,54-55,58-59H,4-23,28-32H2,1-3H3,(H,61,62)(H,63,64)(H2,49,50,60)/b25-24+/t34-,36+,37-,38-,39+,40-,41+,45-,46+,47+/m0/s1. The third kappa shape index (κ3) is 24.6. The number of nitrogen functional groups attached to an aromatic ring is 1. The van der Waals surface area contributed by atoms with E-state index in [2.05, 4.69) is 23.1 Å². The molecule has 3 heterocycles. The van der Waals surface area contributed by atoms with Crippen LogP contribution >= 0.6 is 15.6 Å². The third-order valence-corrected chi connectivity index (χ3v) is 15.3. The van der Waals surface area contributed by atoms with E-state index in [1.165, 1.54) is 50.3 Å². The van der Waals surface area contributed by atoms with Crippen molar-refractivity contribution in [3.05, 3.63) is 34.9 Å². The molecule has 2 aliphatic heterocycles. The van der Waals surface area contributed by atoms with E-state index in [0.29, 0.717) is 19.3 Å². The van der Waals surface area contributed by atoms with Crippen LogP contribution in [0.5, 0.6) is 0 Å². The van der Waals surface area contributed by atoms with Gasteiger partial charge in [-0.05, 0) is 37.7 Å². The maximum Gasteiger partial charge on any atom is 0.481 e. The topological polar surface area (TPSA) is 343 Å². The Morgan fingerprint density at radius 1 is 0.847 bits per heavy atom. The molecule has 2 fully saturated rings. The lowest BCUT2D eigenvalue weighted by atomic mass is 9.82. The number of aliphatic hydroxyl groups excluding tert-OH is 5. The van der Waals surface area contributed by atoms with Gasteiger partial charge >= 0.3 is 33.3 Å². The summed E-state index contributed by atoms with van der Waals surface area (Å²) >= 11 is 0. The molecule has 1 aromatic rings. The van der Waals surface area contributed by atoms with Crippen molar-refractivity contribution in [3.63, 3.8) is 0 Å². The molecule has 1 aromatic heterocycles. The number of ketones is 1. The Labute approximate surface area is 423 Å². The van der Waals surface area contributed by atoms with Crippen molar-refractivity contribution in [2.24, 2.45) is 17.8 Å². The Morgan fingerprint density at radius 3 is 2.10 bits per heavy atom. The number of carbonyl (C=O) groups is 3. The highest BCUT2D eigenvalue weighted by Crippen LogP contribution is 2.60. The smallest absolute Gasteiger partial charge is 0.462 e. The van der Waals surface area contributed by atoms with Crippen LogP contribution in [0.4, 0.5) is 5.82 Å². The Kier molecular flexibility index (Phi) is 29.2. The molecule has 414 valence electrons. The summed E-state index contributed by atoms with van der Waals surface area (Å²) in [6.07, 6.45) is 2.50. The highest BCUT2D eigenvalue weighted by atomic mass is 31.3. The molecule has 9 N–H and O–H groups in total. The first-order chi connectivity index (χ1) is 34.1. The molecule has 72 heavy (non-hydrogen) atoms. The first kappa shape index (κ1) is 63.3. The summed E-state index contributed by atoms with van der Waals surface area (Å²) < 4.78 is 58.7. The monoisotopic (exact) mass is 1070 g/mol. The second-order valence-corrected chi connectivity index (χ2v) is 22.5. The number of rotatable bonds is 21. The summed E-state index contributed by atoms with van der Waals surface area (Å²) in [6.45, 7) is 3.56. The Hall–Kier alpha value is -2.95. The fraction of sp³-hybridized carbons (Fsp3) is 0.812. The number of anilines is 1. The number of ether oxygens (including phenoxy) is 3. The minimum atomic E-state index is -5.76. The maximum atomic E-state index is 13.7. The fourth-order valence-electron chi connectivity index (χ4n) is 8.60. The molecular weight excluding hydrogens is 984 g/mol. The maximum absolute atomic E-state index is 13.7. The zero-order valence-corrected chi connectivity index (χ0v) is 44.0. The zero-order chi connectivity index (χ0) is 53.3. The van der Waals surface area contributed by atoms with Gasteiger partial charge in [-0.15, -0.1) is 0 Å². The van der Waals surface area contributed by atoms with E-state index in [0.717, 1.165) is 61.6 Å². The molecule has 3 rings (SSSR count). The molecule has 12 atom stereocenters. The van der Waals surface area contributed by atoms with Crippen LogP contribution in [0.1, 0.15) is 168 Å². The molecule has 0 aromatic carbocycles. The van der Waals surface area contributed by atoms with Crippen LogP contribution in [-0.2, 0) is 51.1 Å². The number of aromatic nitrogens is 2. The number of nitrogens with zero attached hydrogens (tertiary/aromatic N) is 2. The molecule has 0 spiro atoms. The lowest BCUT2D eigenvalue weighted by molar-refractivity contribution is -0.196. The quantitative estimate of drug-likeness (QED) is 0.0309. The molecular formula is C48H83N3O19P2. The number of hydrogen-bond acceptors (Lipinski definition) is 19. The van der Waals surface area contributed by atoms with Gasteiger partial charge in [0.1, 0.15) is 36.6 Å². The van der Waals surface area contributed by atoms with Crippen LogP contribution < -0.4 is 11.4 Å². The van der Waals surface area contributed by atoms with Crippen LogP contribution in [0.15, 0.2) is 29.2 Å². The van der Waals surface area contributed by atoms with Crippen LogP contribution in [0.2, 0.25) is 0 Å². The van der Waals surface area contributed by atoms with E-state index < -0.39 is 133 Å². The Bertz CT molecular complexity index is 1960. The molecule has 2 aliphatic rings. The van der Waals surface area contributed by atoms with Gasteiger partial charge in [0.25, 0.3) is 0 Å². The summed E-state index contributed by atoms with van der Waals surface area (Å²) in [7, 11) is -11.4. The highest BCUT2D eigenvalue weighted by molar-refractivity contribution is 7.61. The number of cyclic esters (lactones) is 1. The van der Waals surface area contributed by atoms with E-state index >= 15 is 0 Å². The molecule has 0 radical (unpaired) electrons. The molecule has 24 heteroatoms. The van der Waals surface area contributed by atoms with E-state index in [-0.39, 0.29) is 37.9 Å². The van der Waals surface area contributed by atoms with Gasteiger partial charge in [0, 0.05) is 50.1 Å². The molecule has 0 amide bonds. The van der Waals surface area contributed by atoms with Gasteiger partial charge in [0.05, 0.1) is 37.6 Å². The first-order valence-electron chi connectivity index (χ1n) is 25.7. The van der Waals surface area contributed by atoms with Crippen LogP contribution in [0.25, 0.3) is 0 Å². The Balaban J connectivity index is 1.86. The second kappa shape index (κ2) is 33.2. The average molecular weight is 1070 g/mol. The van der Waals surface area contributed by atoms with Gasteiger partial charge in [0.15, 0.2) is 6.10 Å². The molecule has 2 bridgehead atoms. The second-order valence-electron chi connectivity index (χ2n) is 19.5. The highest BCUT2D eigenvalue weighted by Gasteiger charge is 2.45. The van der Waals surface area contributed by atoms with Gasteiger partial charge < -0.3 is 55.3 Å². The predicted octanol–water partition coefficient (Wildman–Crippen LogP) is 5.86. The largest absolute Gasteiger partial charge is 0.481 e. The number of hydrogen-bond donors (Lipinski definition) is 8. The fourth-order valence-corrected chi connectivity index (χ4v) is 10.7. The molecule has 2 saturated heterocycles. The predicted molar refractivity (Wildman–Crippen MR) is 264 cm³/mol. The number of phosphoric ester groups is 2. The SMILES string of the molecule is CCCCC[C@H](O)/C=C/[C@@H]1[C@H](O)[C@H](O)[C@H]2COP(=O)(O)OP(=O)(O)OC[C@H](OC(=O)CCCCCCCCCCCCC(C)C)COC(=O)CCCCC(=O)C[C@H]([C@H](n3ccc(N)nc3=O)O2)[C@@H](O)C[C@H]1O. The molecule has 0 aliphatic carbocycles. The van der Waals surface area contributed by atoms with Crippen molar-refractivity contribution in [2.75, 3.05) is 25.6 Å². The zero-order valence-electron chi connectivity index (χ0n) is 42.2. The van der Waals surface area contributed by atoms with Crippen LogP contribution in [0.3, 0.4) is 0 Å². The summed E-state index contributed by atoms with van der Waals surface area (Å²) in [5.74, 6) is -4.46. The normalized spacial score (nSPS) is 30.7. The lowest BCUT2D eigenvalue weighted by Crippen LogP contribution is -2.52. The number of esters is 2. The van der Waals surface area contributed by atoms with Gasteiger partial charge in [-0.2, -0.15) is 9.29 Å². The van der Waals surface area contributed by atoms with Crippen molar-refractivity contribution in [2.45, 2.75) is 211 Å². The van der Waals surface area contributed by atoms with Crippen molar-refractivity contribution in [1.82, 2.24) is 9.55 Å². The molecule has 2 unspecified atom stereocenters. The summed E-state index contributed by atoms with van der Waals surface area (Å²) in [6, 6.07) is 1.18. The van der Waals surface area contributed by atoms with Crippen molar-refractivity contribution in [1.29, 1.82) is 0 Å².